The van der Waals surface area contributed by atoms with Gasteiger partial charge in [-0.3, -0.25) is 0 Å². The zero-order valence-corrected chi connectivity index (χ0v) is 11.6. The van der Waals surface area contributed by atoms with Crippen molar-refractivity contribution in [3.63, 3.8) is 0 Å². The molecule has 1 atom stereocenters. The van der Waals surface area contributed by atoms with Crippen molar-refractivity contribution in [3.05, 3.63) is 35.9 Å². The van der Waals surface area contributed by atoms with E-state index in [-0.39, 0.29) is 6.61 Å². The largest absolute Gasteiger partial charge is 0.396 e. The zero-order valence-electron chi connectivity index (χ0n) is 11.6. The summed E-state index contributed by atoms with van der Waals surface area (Å²) in [4.78, 5) is 4.53. The lowest BCUT2D eigenvalue weighted by Gasteiger charge is -2.15. The first-order valence-corrected chi connectivity index (χ1v) is 6.93. The number of nitrogens with one attached hydrogen (secondary N) is 1. The average Bonchev–Trinajstić information content (AvgIpc) is 2.50. The van der Waals surface area contributed by atoms with E-state index >= 15 is 0 Å². The number of rotatable bonds is 6. The molecule has 0 aliphatic rings. The summed E-state index contributed by atoms with van der Waals surface area (Å²) in [7, 11) is 0. The number of nitrogens with zero attached hydrogens (tertiary/aromatic N) is 2. The summed E-state index contributed by atoms with van der Waals surface area (Å²) in [6, 6.07) is 11.6. The summed E-state index contributed by atoms with van der Waals surface area (Å²) >= 11 is 0. The van der Waals surface area contributed by atoms with E-state index in [1.54, 1.807) is 6.07 Å². The number of nitriles is 1. The third-order valence-corrected chi connectivity index (χ3v) is 3.52. The fraction of sp³-hybridized carbons (Fsp3) is 0.375. The number of aliphatic hydroxyl groups excluding tert-OH is 1. The van der Waals surface area contributed by atoms with E-state index in [1.807, 2.05) is 24.3 Å². The van der Waals surface area contributed by atoms with Gasteiger partial charge in [0.15, 0.2) is 0 Å². The molecule has 2 aromatic rings. The molecule has 0 spiro atoms. The van der Waals surface area contributed by atoms with Gasteiger partial charge in [-0.2, -0.15) is 5.26 Å². The van der Waals surface area contributed by atoms with Crippen LogP contribution in [0.4, 0.5) is 5.82 Å². The summed E-state index contributed by atoms with van der Waals surface area (Å²) in [5, 5.41) is 22.4. The van der Waals surface area contributed by atoms with Crippen LogP contribution < -0.4 is 5.32 Å². The molecule has 1 unspecified atom stereocenters. The van der Waals surface area contributed by atoms with Gasteiger partial charge in [0.2, 0.25) is 0 Å². The van der Waals surface area contributed by atoms with E-state index < -0.39 is 0 Å². The van der Waals surface area contributed by atoms with Crippen molar-refractivity contribution in [1.82, 2.24) is 4.98 Å². The molecule has 1 aromatic heterocycles. The van der Waals surface area contributed by atoms with E-state index in [2.05, 4.69) is 23.3 Å². The molecule has 104 valence electrons. The molecule has 1 heterocycles. The Labute approximate surface area is 119 Å². The molecule has 0 fully saturated rings. The van der Waals surface area contributed by atoms with Crippen molar-refractivity contribution in [3.8, 4) is 6.07 Å². The fourth-order valence-electron chi connectivity index (χ4n) is 2.24. The maximum atomic E-state index is 9.23. The molecule has 2 N–H and O–H groups in total. The second-order valence-corrected chi connectivity index (χ2v) is 4.85. The highest BCUT2D eigenvalue weighted by Gasteiger charge is 2.08. The van der Waals surface area contributed by atoms with Gasteiger partial charge in [-0.25, -0.2) is 4.98 Å². The van der Waals surface area contributed by atoms with Crippen LogP contribution in [-0.2, 0) is 0 Å². The lowest BCUT2D eigenvalue weighted by molar-refractivity contribution is 0.258. The molecular weight excluding hydrogens is 250 g/mol. The number of fused-ring (bicyclic) bond motifs is 1. The highest BCUT2D eigenvalue weighted by Crippen LogP contribution is 2.20. The lowest BCUT2D eigenvalue weighted by atomic mass is 10.0. The Hall–Kier alpha value is -2.12. The number of benzene rings is 1. The van der Waals surface area contributed by atoms with Crippen molar-refractivity contribution in [1.29, 1.82) is 5.26 Å². The second-order valence-electron chi connectivity index (χ2n) is 4.85. The third-order valence-electron chi connectivity index (χ3n) is 3.52. The molecule has 20 heavy (non-hydrogen) atoms. The maximum absolute atomic E-state index is 9.23. The van der Waals surface area contributed by atoms with E-state index in [0.29, 0.717) is 11.5 Å². The van der Waals surface area contributed by atoms with Gasteiger partial charge in [0.25, 0.3) is 0 Å². The van der Waals surface area contributed by atoms with Gasteiger partial charge >= 0.3 is 0 Å². The second kappa shape index (κ2) is 6.88. The molecule has 0 aliphatic carbocycles. The van der Waals surface area contributed by atoms with Crippen molar-refractivity contribution >= 4 is 16.7 Å². The van der Waals surface area contributed by atoms with E-state index in [1.165, 1.54) is 0 Å². The quantitative estimate of drug-likeness (QED) is 0.846. The van der Waals surface area contributed by atoms with E-state index in [9.17, 15) is 5.26 Å². The first-order valence-electron chi connectivity index (χ1n) is 6.93. The van der Waals surface area contributed by atoms with Crippen molar-refractivity contribution < 1.29 is 5.11 Å². The first kappa shape index (κ1) is 14.3. The minimum atomic E-state index is 0.203. The normalized spacial score (nSPS) is 12.1. The smallest absolute Gasteiger partial charge is 0.127 e. The van der Waals surface area contributed by atoms with Crippen molar-refractivity contribution in [2.75, 3.05) is 18.5 Å². The van der Waals surface area contributed by atoms with Gasteiger partial charge in [0.1, 0.15) is 5.82 Å². The summed E-state index contributed by atoms with van der Waals surface area (Å²) in [5.74, 6) is 1.13. The molecule has 0 amide bonds. The minimum absolute atomic E-state index is 0.203. The van der Waals surface area contributed by atoms with Crippen LogP contribution >= 0.6 is 0 Å². The Morgan fingerprint density at radius 2 is 2.20 bits per heavy atom. The van der Waals surface area contributed by atoms with Crippen LogP contribution in [0.1, 0.15) is 25.3 Å². The van der Waals surface area contributed by atoms with Crippen molar-refractivity contribution in [2.45, 2.75) is 19.8 Å². The molecule has 0 bridgehead atoms. The Bertz CT molecular complexity index is 619. The highest BCUT2D eigenvalue weighted by atomic mass is 16.3. The topological polar surface area (TPSA) is 68.9 Å². The maximum Gasteiger partial charge on any atom is 0.127 e. The average molecular weight is 269 g/mol. The predicted octanol–water partition coefficient (Wildman–Crippen LogP) is 2.93. The number of pyridine rings is 1. The SMILES string of the molecule is CCC(CCO)CNc1cc(C#N)c2ccccc2n1. The summed E-state index contributed by atoms with van der Waals surface area (Å²) in [5.41, 5.74) is 1.46. The Morgan fingerprint density at radius 3 is 2.90 bits per heavy atom. The standard InChI is InChI=1S/C16H19N3O/c1-2-12(7-8-20)11-18-16-9-13(10-17)14-5-3-4-6-15(14)19-16/h3-6,9,12,20H,2,7-8,11H2,1H3,(H,18,19). The molecule has 1 aromatic carbocycles. The molecule has 0 saturated heterocycles. The third kappa shape index (κ3) is 3.25. The predicted molar refractivity (Wildman–Crippen MR) is 80.4 cm³/mol. The van der Waals surface area contributed by atoms with Gasteiger partial charge in [0, 0.05) is 18.5 Å². The van der Waals surface area contributed by atoms with Crippen LogP contribution in [0.25, 0.3) is 10.9 Å². The monoisotopic (exact) mass is 269 g/mol. The van der Waals surface area contributed by atoms with E-state index in [4.69, 9.17) is 5.11 Å². The van der Waals surface area contributed by atoms with Gasteiger partial charge in [-0.05, 0) is 24.5 Å². The number of aromatic nitrogens is 1. The number of para-hydroxylation sites is 1. The molecule has 0 radical (unpaired) electrons. The highest BCUT2D eigenvalue weighted by molar-refractivity contribution is 5.86. The number of aliphatic hydroxyl groups is 1. The van der Waals surface area contributed by atoms with Crippen LogP contribution in [0.3, 0.4) is 0 Å². The first-order chi connectivity index (χ1) is 9.78. The summed E-state index contributed by atoms with van der Waals surface area (Å²) in [6.45, 7) is 3.07. The van der Waals surface area contributed by atoms with Crippen LogP contribution in [0.2, 0.25) is 0 Å². The van der Waals surface area contributed by atoms with Gasteiger partial charge in [-0.15, -0.1) is 0 Å². The van der Waals surface area contributed by atoms with Gasteiger partial charge in [0.05, 0.1) is 17.1 Å². The number of anilines is 1. The van der Waals surface area contributed by atoms with Crippen LogP contribution in [-0.4, -0.2) is 23.2 Å². The molecule has 4 nitrogen and oxygen atoms in total. The molecular formula is C16H19N3O. The summed E-state index contributed by atoms with van der Waals surface area (Å²) in [6.07, 6.45) is 1.79. The summed E-state index contributed by atoms with van der Waals surface area (Å²) < 4.78 is 0. The number of hydrogen-bond donors (Lipinski definition) is 2. The molecule has 0 saturated carbocycles. The van der Waals surface area contributed by atoms with E-state index in [0.717, 1.165) is 36.1 Å². The van der Waals surface area contributed by atoms with Crippen LogP contribution in [0.5, 0.6) is 0 Å². The Balaban J connectivity index is 2.21. The van der Waals surface area contributed by atoms with Crippen LogP contribution in [0, 0.1) is 17.2 Å². The number of hydrogen-bond acceptors (Lipinski definition) is 4. The minimum Gasteiger partial charge on any atom is -0.396 e. The van der Waals surface area contributed by atoms with Crippen LogP contribution in [0.15, 0.2) is 30.3 Å². The zero-order chi connectivity index (χ0) is 14.4. The molecule has 4 heteroatoms. The molecule has 2 rings (SSSR count). The van der Waals surface area contributed by atoms with Gasteiger partial charge in [-0.1, -0.05) is 31.5 Å². The lowest BCUT2D eigenvalue weighted by Crippen LogP contribution is -2.15. The van der Waals surface area contributed by atoms with Gasteiger partial charge < -0.3 is 10.4 Å². The van der Waals surface area contributed by atoms with Crippen molar-refractivity contribution in [2.24, 2.45) is 5.92 Å². The Kier molecular flexibility index (Phi) is 4.91. The fourth-order valence-corrected chi connectivity index (χ4v) is 2.24. The Morgan fingerprint density at radius 1 is 1.40 bits per heavy atom. The molecule has 0 aliphatic heterocycles.